The molecule has 2 N–H and O–H groups in total. The largest absolute Gasteiger partial charge is 0.328 e. The Hall–Kier alpha value is -0.0900. The summed E-state index contributed by atoms with van der Waals surface area (Å²) in [7, 11) is 0. The summed E-state index contributed by atoms with van der Waals surface area (Å²) in [6.45, 7) is 5.64. The maximum atomic E-state index is 6.04. The van der Waals surface area contributed by atoms with Gasteiger partial charge < -0.3 is 5.73 Å². The molecule has 1 unspecified atom stereocenters. The fourth-order valence-corrected chi connectivity index (χ4v) is 4.13. The molecule has 1 fully saturated rings. The van der Waals surface area contributed by atoms with Crippen LogP contribution in [0, 0.1) is 0 Å². The fourth-order valence-electron chi connectivity index (χ4n) is 3.00. The van der Waals surface area contributed by atoms with E-state index in [0.717, 1.165) is 10.9 Å². The molecule has 1 aliphatic carbocycles. The number of nitrogens with two attached hydrogens (primary N) is 1. The molecule has 1 aliphatic rings. The molecule has 0 spiro atoms. The van der Waals surface area contributed by atoms with Crippen molar-refractivity contribution in [2.45, 2.75) is 57.7 Å². The van der Waals surface area contributed by atoms with Crippen molar-refractivity contribution in [1.82, 2.24) is 4.90 Å². The van der Waals surface area contributed by atoms with Gasteiger partial charge in [-0.1, -0.05) is 18.5 Å². The van der Waals surface area contributed by atoms with Gasteiger partial charge in [0.25, 0.3) is 0 Å². The lowest BCUT2D eigenvalue weighted by Crippen LogP contribution is -2.41. The normalized spacial score (nSPS) is 26.5. The Balaban J connectivity index is 2.03. The third-order valence-corrected chi connectivity index (χ3v) is 5.48. The minimum Gasteiger partial charge on any atom is -0.328 e. The average Bonchev–Trinajstić information content (AvgIpc) is 2.79. The summed E-state index contributed by atoms with van der Waals surface area (Å²) < 4.78 is 0.888. The zero-order valence-corrected chi connectivity index (χ0v) is 12.8. The lowest BCUT2D eigenvalue weighted by Gasteiger charge is -2.38. The predicted molar refractivity (Wildman–Crippen MR) is 80.4 cm³/mol. The van der Waals surface area contributed by atoms with Crippen molar-refractivity contribution in [3.63, 3.8) is 0 Å². The van der Waals surface area contributed by atoms with Crippen LogP contribution in [-0.2, 0) is 0 Å². The van der Waals surface area contributed by atoms with Gasteiger partial charge in [0.05, 0.1) is 4.34 Å². The Kier molecular flexibility index (Phi) is 5.07. The monoisotopic (exact) mass is 286 g/mol. The molecule has 1 heterocycles. The van der Waals surface area contributed by atoms with Crippen molar-refractivity contribution in [1.29, 1.82) is 0 Å². The average molecular weight is 287 g/mol. The van der Waals surface area contributed by atoms with Crippen LogP contribution in [0.1, 0.15) is 50.4 Å². The minimum atomic E-state index is 0.423. The number of hydrogen-bond acceptors (Lipinski definition) is 3. The van der Waals surface area contributed by atoms with Gasteiger partial charge >= 0.3 is 0 Å². The molecule has 2 rings (SSSR count). The summed E-state index contributed by atoms with van der Waals surface area (Å²) in [4.78, 5) is 3.98. The highest BCUT2D eigenvalue weighted by Crippen LogP contribution is 2.34. The summed E-state index contributed by atoms with van der Waals surface area (Å²) >= 11 is 7.74. The Morgan fingerprint density at radius 2 is 2.06 bits per heavy atom. The molecule has 4 heteroatoms. The summed E-state index contributed by atoms with van der Waals surface area (Å²) in [5.74, 6) is 0. The first kappa shape index (κ1) is 14.3. The molecule has 1 aromatic rings. The molecule has 0 saturated heterocycles. The maximum Gasteiger partial charge on any atom is 0.0931 e. The van der Waals surface area contributed by atoms with E-state index in [1.54, 1.807) is 11.3 Å². The Morgan fingerprint density at radius 1 is 1.39 bits per heavy atom. The van der Waals surface area contributed by atoms with E-state index in [2.05, 4.69) is 24.8 Å². The van der Waals surface area contributed by atoms with Gasteiger partial charge in [0.2, 0.25) is 0 Å². The highest BCUT2D eigenvalue weighted by molar-refractivity contribution is 7.16. The second kappa shape index (κ2) is 6.38. The smallest absolute Gasteiger partial charge is 0.0931 e. The first-order valence-electron chi connectivity index (χ1n) is 6.88. The van der Waals surface area contributed by atoms with Crippen LogP contribution in [0.4, 0.5) is 0 Å². The molecule has 0 bridgehead atoms. The van der Waals surface area contributed by atoms with E-state index < -0.39 is 0 Å². The summed E-state index contributed by atoms with van der Waals surface area (Å²) in [5, 5.41) is 0. The summed E-state index contributed by atoms with van der Waals surface area (Å²) in [5.41, 5.74) is 6.00. The van der Waals surface area contributed by atoms with Crippen LogP contribution in [0.5, 0.6) is 0 Å². The van der Waals surface area contributed by atoms with Crippen LogP contribution in [-0.4, -0.2) is 23.5 Å². The summed E-state index contributed by atoms with van der Waals surface area (Å²) in [6.07, 6.45) is 4.80. The molecular formula is C14H23ClN2S. The van der Waals surface area contributed by atoms with Crippen LogP contribution in [0.2, 0.25) is 4.34 Å². The summed E-state index contributed by atoms with van der Waals surface area (Å²) in [6, 6.07) is 5.74. The van der Waals surface area contributed by atoms with Gasteiger partial charge in [-0.2, -0.15) is 0 Å². The zero-order valence-electron chi connectivity index (χ0n) is 11.2. The number of hydrogen-bond donors (Lipinski definition) is 1. The van der Waals surface area contributed by atoms with E-state index in [1.165, 1.54) is 30.6 Å². The highest BCUT2D eigenvalue weighted by Gasteiger charge is 2.27. The van der Waals surface area contributed by atoms with Crippen molar-refractivity contribution in [3.8, 4) is 0 Å². The van der Waals surface area contributed by atoms with Gasteiger partial charge in [0.15, 0.2) is 0 Å². The number of rotatable bonds is 4. The second-order valence-electron chi connectivity index (χ2n) is 5.22. The van der Waals surface area contributed by atoms with Crippen molar-refractivity contribution in [2.75, 3.05) is 6.54 Å². The molecule has 0 aliphatic heterocycles. The lowest BCUT2D eigenvalue weighted by molar-refractivity contribution is 0.116. The third-order valence-electron chi connectivity index (χ3n) is 4.08. The first-order chi connectivity index (χ1) is 8.61. The van der Waals surface area contributed by atoms with Crippen LogP contribution in [0.15, 0.2) is 12.1 Å². The number of halogens is 1. The topological polar surface area (TPSA) is 29.3 Å². The van der Waals surface area contributed by atoms with E-state index >= 15 is 0 Å². The fraction of sp³-hybridized carbons (Fsp3) is 0.714. The molecule has 2 nitrogen and oxygen atoms in total. The van der Waals surface area contributed by atoms with Crippen LogP contribution in [0.3, 0.4) is 0 Å². The van der Waals surface area contributed by atoms with Gasteiger partial charge in [0.1, 0.15) is 0 Å². The molecule has 1 saturated carbocycles. The molecule has 18 heavy (non-hydrogen) atoms. The van der Waals surface area contributed by atoms with Gasteiger partial charge in [-0.15, -0.1) is 11.3 Å². The number of nitrogens with zero attached hydrogens (tertiary/aromatic N) is 1. The quantitative estimate of drug-likeness (QED) is 0.905. The third kappa shape index (κ3) is 3.27. The van der Waals surface area contributed by atoms with Gasteiger partial charge in [-0.25, -0.2) is 0 Å². The molecule has 0 radical (unpaired) electrons. The highest BCUT2D eigenvalue weighted by atomic mass is 35.5. The van der Waals surface area contributed by atoms with Crippen molar-refractivity contribution >= 4 is 22.9 Å². The first-order valence-corrected chi connectivity index (χ1v) is 8.07. The minimum absolute atomic E-state index is 0.423. The van der Waals surface area contributed by atoms with Crippen LogP contribution < -0.4 is 5.73 Å². The SMILES string of the molecule is CCN(C1CCC(N)CC1)C(C)c1ccc(Cl)s1. The van der Waals surface area contributed by atoms with E-state index in [0.29, 0.717) is 18.1 Å². The van der Waals surface area contributed by atoms with E-state index in [1.807, 2.05) is 6.07 Å². The van der Waals surface area contributed by atoms with E-state index in [-0.39, 0.29) is 0 Å². The van der Waals surface area contributed by atoms with Crippen molar-refractivity contribution < 1.29 is 0 Å². The standard InChI is InChI=1S/C14H23ClN2S/c1-3-17(12-6-4-11(16)5-7-12)10(2)13-8-9-14(15)18-13/h8-12H,3-7,16H2,1-2H3. The maximum absolute atomic E-state index is 6.04. The molecular weight excluding hydrogens is 264 g/mol. The number of thiophene rings is 1. The van der Waals surface area contributed by atoms with E-state index in [9.17, 15) is 0 Å². The Labute approximate surface area is 119 Å². The van der Waals surface area contributed by atoms with Crippen molar-refractivity contribution in [3.05, 3.63) is 21.3 Å². The molecule has 102 valence electrons. The molecule has 0 amide bonds. The van der Waals surface area contributed by atoms with Crippen molar-refractivity contribution in [2.24, 2.45) is 5.73 Å². The van der Waals surface area contributed by atoms with Gasteiger partial charge in [0, 0.05) is 23.0 Å². The molecule has 0 aromatic carbocycles. The van der Waals surface area contributed by atoms with Gasteiger partial charge in [-0.05, 0) is 51.3 Å². The second-order valence-corrected chi connectivity index (χ2v) is 6.96. The molecule has 1 aromatic heterocycles. The lowest BCUT2D eigenvalue weighted by atomic mass is 9.90. The zero-order chi connectivity index (χ0) is 13.1. The molecule has 1 atom stereocenters. The Morgan fingerprint density at radius 3 is 2.56 bits per heavy atom. The van der Waals surface area contributed by atoms with E-state index in [4.69, 9.17) is 17.3 Å². The van der Waals surface area contributed by atoms with Gasteiger partial charge in [-0.3, -0.25) is 4.90 Å². The predicted octanol–water partition coefficient (Wildman–Crippen LogP) is 4.05. The van der Waals surface area contributed by atoms with Crippen LogP contribution >= 0.6 is 22.9 Å². The Bertz CT molecular complexity index is 372. The van der Waals surface area contributed by atoms with Crippen LogP contribution in [0.25, 0.3) is 0 Å².